The number of rotatable bonds is 10. The van der Waals surface area contributed by atoms with Gasteiger partial charge in [0.1, 0.15) is 24.1 Å². The summed E-state index contributed by atoms with van der Waals surface area (Å²) in [4.78, 5) is 26.3. The first kappa shape index (κ1) is 33.4. The lowest BCUT2D eigenvalue weighted by Gasteiger charge is -2.20. The van der Waals surface area contributed by atoms with Crippen LogP contribution >= 0.6 is 8.53 Å². The molecule has 0 bridgehead atoms. The van der Waals surface area contributed by atoms with Crippen molar-refractivity contribution in [1.82, 2.24) is 14.6 Å². The molecule has 3 N–H and O–H groups in total. The number of carbonyl (C=O) groups excluding carboxylic acids is 1. The van der Waals surface area contributed by atoms with Gasteiger partial charge in [0, 0.05) is 13.3 Å². The molecule has 2 heterocycles. The zero-order valence-corrected chi connectivity index (χ0v) is 22.9. The molecule has 3 atom stereocenters. The summed E-state index contributed by atoms with van der Waals surface area (Å²) in [5.41, 5.74) is 5.07. The predicted octanol–water partition coefficient (Wildman–Crippen LogP) is 4.48. The maximum atomic E-state index is 11.9. The first-order valence-electron chi connectivity index (χ1n) is 11.8. The Labute approximate surface area is 215 Å². The highest BCUT2D eigenvalue weighted by Gasteiger charge is 2.29. The van der Waals surface area contributed by atoms with Gasteiger partial charge < -0.3 is 29.0 Å². The zero-order chi connectivity index (χ0) is 27.3. The second-order valence-corrected chi connectivity index (χ2v) is 8.37. The van der Waals surface area contributed by atoms with E-state index in [1.165, 1.54) is 4.57 Å². The van der Waals surface area contributed by atoms with E-state index in [0.29, 0.717) is 18.3 Å². The van der Waals surface area contributed by atoms with E-state index in [1.54, 1.807) is 19.4 Å². The lowest BCUT2D eigenvalue weighted by molar-refractivity contribution is -0.106. The minimum absolute atomic E-state index is 0.124. The number of hydrogen-bond donors (Lipinski definition) is 2. The molecule has 1 aliphatic rings. The molecule has 3 unspecified atom stereocenters. The van der Waals surface area contributed by atoms with Gasteiger partial charge in [-0.3, -0.25) is 4.57 Å². The Morgan fingerprint density at radius 2 is 1.89 bits per heavy atom. The summed E-state index contributed by atoms with van der Waals surface area (Å²) in [6, 6.07) is 10.8. The fourth-order valence-corrected chi connectivity index (χ4v) is 3.65. The number of ether oxygens (including phenoxy) is 2. The second-order valence-electron chi connectivity index (χ2n) is 7.10. The summed E-state index contributed by atoms with van der Waals surface area (Å²) in [6.45, 7) is 14.4. The molecule has 3 rings (SSSR count). The van der Waals surface area contributed by atoms with Gasteiger partial charge in [0.05, 0.1) is 25.4 Å². The molecule has 2 aromatic rings. The quantitative estimate of drug-likeness (QED) is 0.263. The highest BCUT2D eigenvalue weighted by Crippen LogP contribution is 2.37. The molecule has 202 valence electrons. The van der Waals surface area contributed by atoms with Gasteiger partial charge in [0.15, 0.2) is 0 Å². The molecular weight excluding hydrogens is 483 g/mol. The Balaban J connectivity index is 0.00000119. The summed E-state index contributed by atoms with van der Waals surface area (Å²) in [7, 11) is 0.202. The molecule has 1 aromatic carbocycles. The Hall–Kier alpha value is -2.62. The van der Waals surface area contributed by atoms with Gasteiger partial charge in [-0.1, -0.05) is 32.0 Å². The van der Waals surface area contributed by atoms with Gasteiger partial charge in [-0.25, -0.2) is 9.88 Å². The second kappa shape index (κ2) is 20.6. The van der Waals surface area contributed by atoms with Crippen molar-refractivity contribution in [2.75, 3.05) is 26.0 Å². The van der Waals surface area contributed by atoms with E-state index in [9.17, 15) is 9.59 Å². The maximum Gasteiger partial charge on any atom is 0.351 e. The summed E-state index contributed by atoms with van der Waals surface area (Å²) in [5, 5.41) is 2.92. The lowest BCUT2D eigenvalue weighted by atomic mass is 10.2. The number of para-hydroxylation sites is 1. The number of carbonyl (C=O) groups is 1. The van der Waals surface area contributed by atoms with Gasteiger partial charge >= 0.3 is 14.2 Å². The molecule has 1 aliphatic heterocycles. The number of nitrogen functional groups attached to an aromatic ring is 1. The van der Waals surface area contributed by atoms with Crippen molar-refractivity contribution in [2.45, 2.75) is 59.0 Å². The van der Waals surface area contributed by atoms with Crippen molar-refractivity contribution < 1.29 is 23.3 Å². The molecule has 36 heavy (non-hydrogen) atoms. The van der Waals surface area contributed by atoms with E-state index < -0.39 is 20.4 Å². The van der Waals surface area contributed by atoms with Crippen LogP contribution in [0.25, 0.3) is 0 Å². The Morgan fingerprint density at radius 1 is 1.25 bits per heavy atom. The molecule has 1 aromatic heterocycles. The van der Waals surface area contributed by atoms with Crippen LogP contribution < -0.4 is 21.0 Å². The van der Waals surface area contributed by atoms with Crippen molar-refractivity contribution in [1.29, 1.82) is 0 Å². The van der Waals surface area contributed by atoms with Gasteiger partial charge in [-0.15, -0.1) is 13.2 Å². The van der Waals surface area contributed by atoms with Gasteiger partial charge in [-0.2, -0.15) is 4.98 Å². The standard InChI is InChI=1S/C17H21N4O5P.C4H10O.C2H6.C2H4/c18-15-8-10-21(17(23)20-15)16-7-6-14(25-16)12-24-27(19-9-11-22)26-13-4-2-1-3-5-13;1-4(2)5-3;2*1-2/h1-5,8,10-11,14,16,19H,6-7,9,12H2,(H2,18,20,23);4H,1-3H3;1-2H3;1-2H2. The van der Waals surface area contributed by atoms with Gasteiger partial charge in [0.25, 0.3) is 0 Å². The van der Waals surface area contributed by atoms with E-state index in [2.05, 4.69) is 23.2 Å². The largest absolute Gasteiger partial charge is 0.436 e. The molecule has 0 aliphatic carbocycles. The van der Waals surface area contributed by atoms with E-state index in [-0.39, 0.29) is 25.1 Å². The number of nitrogens with one attached hydrogen (secondary N) is 1. The van der Waals surface area contributed by atoms with Crippen molar-refractivity contribution in [3.05, 3.63) is 66.2 Å². The summed E-state index contributed by atoms with van der Waals surface area (Å²) in [5.74, 6) is 0.825. The normalized spacial score (nSPS) is 16.8. The van der Waals surface area contributed by atoms with Crippen LogP contribution in [0.4, 0.5) is 5.82 Å². The lowest BCUT2D eigenvalue weighted by Crippen LogP contribution is -2.28. The van der Waals surface area contributed by atoms with Crippen LogP contribution in [-0.2, 0) is 18.8 Å². The monoisotopic (exact) mass is 524 g/mol. The predicted molar refractivity (Wildman–Crippen MR) is 145 cm³/mol. The van der Waals surface area contributed by atoms with Crippen molar-refractivity contribution in [3.63, 3.8) is 0 Å². The average Bonchev–Trinajstić information content (AvgIpc) is 3.37. The first-order valence-corrected chi connectivity index (χ1v) is 13.0. The molecule has 10 nitrogen and oxygen atoms in total. The van der Waals surface area contributed by atoms with Crippen molar-refractivity contribution >= 4 is 20.6 Å². The number of nitrogens with two attached hydrogens (primary N) is 1. The highest BCUT2D eigenvalue weighted by atomic mass is 31.2. The number of benzene rings is 1. The van der Waals surface area contributed by atoms with Crippen LogP contribution in [0.5, 0.6) is 5.75 Å². The third-order valence-electron chi connectivity index (χ3n) is 4.33. The zero-order valence-electron chi connectivity index (χ0n) is 22.0. The molecule has 0 saturated carbocycles. The molecule has 1 fully saturated rings. The minimum Gasteiger partial charge on any atom is -0.436 e. The SMILES string of the molecule is C=C.CC.COC(C)C.Nc1ccn(C2CCC(COP(NCC=O)Oc3ccccc3)O2)c(=O)n1. The number of nitrogens with zero attached hydrogens (tertiary/aromatic N) is 2. The number of hydrogen-bond acceptors (Lipinski definition) is 9. The van der Waals surface area contributed by atoms with Gasteiger partial charge in [-0.05, 0) is 44.9 Å². The molecule has 1 saturated heterocycles. The van der Waals surface area contributed by atoms with E-state index in [1.807, 2.05) is 58.0 Å². The summed E-state index contributed by atoms with van der Waals surface area (Å²) in [6.07, 6.45) is 3.51. The third-order valence-corrected chi connectivity index (χ3v) is 5.53. The van der Waals surface area contributed by atoms with E-state index in [0.717, 1.165) is 12.7 Å². The smallest absolute Gasteiger partial charge is 0.351 e. The van der Waals surface area contributed by atoms with Crippen LogP contribution in [-0.4, -0.2) is 48.3 Å². The van der Waals surface area contributed by atoms with Crippen molar-refractivity contribution in [3.8, 4) is 5.75 Å². The van der Waals surface area contributed by atoms with E-state index >= 15 is 0 Å². The molecule has 0 amide bonds. The number of aromatic nitrogens is 2. The summed E-state index contributed by atoms with van der Waals surface area (Å²) >= 11 is 0. The topological polar surface area (TPSA) is 127 Å². The van der Waals surface area contributed by atoms with Crippen LogP contribution in [0.15, 0.2) is 60.5 Å². The third kappa shape index (κ3) is 13.5. The minimum atomic E-state index is -1.50. The Morgan fingerprint density at radius 3 is 2.44 bits per heavy atom. The highest BCUT2D eigenvalue weighted by molar-refractivity contribution is 7.45. The molecule has 0 radical (unpaired) electrons. The van der Waals surface area contributed by atoms with Crippen LogP contribution in [0.1, 0.15) is 46.8 Å². The fourth-order valence-electron chi connectivity index (χ4n) is 2.60. The number of methoxy groups -OCH3 is 1. The molecule has 11 heteroatoms. The maximum absolute atomic E-state index is 11.9. The van der Waals surface area contributed by atoms with Crippen LogP contribution in [0.3, 0.4) is 0 Å². The fraction of sp³-hybridized carbons (Fsp3) is 0.480. The van der Waals surface area contributed by atoms with E-state index in [4.69, 9.17) is 24.3 Å². The first-order chi connectivity index (χ1) is 17.4. The Kier molecular flexibility index (Phi) is 19.1. The van der Waals surface area contributed by atoms with Gasteiger partial charge in [0.2, 0.25) is 0 Å². The summed E-state index contributed by atoms with van der Waals surface area (Å²) < 4.78 is 23.6. The molecule has 0 spiro atoms. The Bertz CT molecular complexity index is 884. The van der Waals surface area contributed by atoms with Crippen LogP contribution in [0, 0.1) is 0 Å². The van der Waals surface area contributed by atoms with Crippen molar-refractivity contribution in [2.24, 2.45) is 0 Å². The number of aldehydes is 1. The average molecular weight is 525 g/mol. The molecular formula is C25H41N4O6P. The number of anilines is 1. The van der Waals surface area contributed by atoms with Crippen LogP contribution in [0.2, 0.25) is 0 Å².